The van der Waals surface area contributed by atoms with Gasteiger partial charge in [-0.05, 0) is 31.6 Å². The van der Waals surface area contributed by atoms with E-state index in [1.54, 1.807) is 0 Å². The van der Waals surface area contributed by atoms with E-state index < -0.39 is 0 Å². The first kappa shape index (κ1) is 16.0. The summed E-state index contributed by atoms with van der Waals surface area (Å²) in [6.45, 7) is 4.23. The lowest BCUT2D eigenvalue weighted by Gasteiger charge is -2.28. The zero-order valence-electron chi connectivity index (χ0n) is 15.5. The van der Waals surface area contributed by atoms with Crippen LogP contribution in [0.5, 0.6) is 0 Å². The average Bonchev–Trinajstić information content (AvgIpc) is 3.03. The van der Waals surface area contributed by atoms with E-state index in [2.05, 4.69) is 97.7 Å². The summed E-state index contributed by atoms with van der Waals surface area (Å²) in [5.41, 5.74) is 8.31. The minimum atomic E-state index is -0.126. The molecule has 2 heterocycles. The first-order valence-electron chi connectivity index (χ1n) is 9.32. The highest BCUT2D eigenvalue weighted by atomic mass is 16.5. The summed E-state index contributed by atoms with van der Waals surface area (Å²) >= 11 is 0. The minimum Gasteiger partial charge on any atom is -0.480 e. The van der Waals surface area contributed by atoms with Gasteiger partial charge in [0.05, 0.1) is 0 Å². The maximum absolute atomic E-state index is 6.61. The third-order valence-corrected chi connectivity index (χ3v) is 5.35. The second-order valence-corrected chi connectivity index (χ2v) is 7.21. The standard InChI is InChI=1S/C25H21NO/c1-16-11-13-18(14-12-16)23-15-19-7-3-4-8-20(19)25(27-23)24-17(2)26-22-10-6-5-9-21(22)24/h3-15,25-26H,1-2H3. The molecule has 0 radical (unpaired) electrons. The molecule has 1 N–H and O–H groups in total. The fourth-order valence-electron chi connectivity index (χ4n) is 3.97. The number of fused-ring (bicyclic) bond motifs is 2. The lowest BCUT2D eigenvalue weighted by atomic mass is 9.91. The monoisotopic (exact) mass is 351 g/mol. The molecule has 1 atom stereocenters. The largest absolute Gasteiger partial charge is 0.480 e. The number of rotatable bonds is 2. The van der Waals surface area contributed by atoms with Crippen molar-refractivity contribution in [1.82, 2.24) is 4.98 Å². The van der Waals surface area contributed by atoms with Crippen molar-refractivity contribution in [3.8, 4) is 0 Å². The van der Waals surface area contributed by atoms with Crippen molar-refractivity contribution in [2.75, 3.05) is 0 Å². The van der Waals surface area contributed by atoms with Crippen LogP contribution in [-0.2, 0) is 4.74 Å². The number of aromatic nitrogens is 1. The van der Waals surface area contributed by atoms with Gasteiger partial charge in [-0.3, -0.25) is 0 Å². The van der Waals surface area contributed by atoms with Gasteiger partial charge < -0.3 is 9.72 Å². The molecule has 0 bridgehead atoms. The van der Waals surface area contributed by atoms with Gasteiger partial charge in [-0.25, -0.2) is 0 Å². The SMILES string of the molecule is Cc1ccc(C2=Cc3ccccc3C(c3c(C)[nH]c4ccccc34)O2)cc1. The second kappa shape index (κ2) is 6.17. The van der Waals surface area contributed by atoms with Gasteiger partial charge in [-0.1, -0.05) is 72.3 Å². The van der Waals surface area contributed by atoms with E-state index in [0.29, 0.717) is 0 Å². The predicted molar refractivity (Wildman–Crippen MR) is 111 cm³/mol. The summed E-state index contributed by atoms with van der Waals surface area (Å²) < 4.78 is 6.61. The summed E-state index contributed by atoms with van der Waals surface area (Å²) in [6, 6.07) is 25.5. The summed E-state index contributed by atoms with van der Waals surface area (Å²) in [5, 5.41) is 1.22. The Morgan fingerprint density at radius 3 is 2.41 bits per heavy atom. The third-order valence-electron chi connectivity index (χ3n) is 5.35. The zero-order chi connectivity index (χ0) is 18.4. The molecule has 1 aliphatic rings. The van der Waals surface area contributed by atoms with E-state index in [1.165, 1.54) is 27.6 Å². The molecule has 2 nitrogen and oxygen atoms in total. The van der Waals surface area contributed by atoms with E-state index in [-0.39, 0.29) is 6.10 Å². The maximum Gasteiger partial charge on any atom is 0.152 e. The van der Waals surface area contributed by atoms with Crippen molar-refractivity contribution < 1.29 is 4.74 Å². The molecule has 4 aromatic rings. The van der Waals surface area contributed by atoms with Gasteiger partial charge >= 0.3 is 0 Å². The van der Waals surface area contributed by atoms with Gasteiger partial charge in [-0.2, -0.15) is 0 Å². The Hall–Kier alpha value is -3.26. The van der Waals surface area contributed by atoms with Crippen LogP contribution in [0.2, 0.25) is 0 Å². The lowest BCUT2D eigenvalue weighted by molar-refractivity contribution is 0.206. The van der Waals surface area contributed by atoms with Crippen molar-refractivity contribution in [2.24, 2.45) is 0 Å². The van der Waals surface area contributed by atoms with Crippen molar-refractivity contribution in [1.29, 1.82) is 0 Å². The van der Waals surface area contributed by atoms with Crippen LogP contribution in [0, 0.1) is 13.8 Å². The van der Waals surface area contributed by atoms with Crippen LogP contribution in [0.25, 0.3) is 22.7 Å². The molecule has 0 amide bonds. The molecular weight excluding hydrogens is 330 g/mol. The highest BCUT2D eigenvalue weighted by Crippen LogP contribution is 2.42. The van der Waals surface area contributed by atoms with Crippen LogP contribution in [0.3, 0.4) is 0 Å². The topological polar surface area (TPSA) is 25.0 Å². The number of benzene rings is 3. The van der Waals surface area contributed by atoms with Gasteiger partial charge in [-0.15, -0.1) is 0 Å². The number of hydrogen-bond donors (Lipinski definition) is 1. The summed E-state index contributed by atoms with van der Waals surface area (Å²) in [7, 11) is 0. The quantitative estimate of drug-likeness (QED) is 0.444. The molecule has 1 aliphatic heterocycles. The Balaban J connectivity index is 1.70. The highest BCUT2D eigenvalue weighted by molar-refractivity contribution is 5.87. The van der Waals surface area contributed by atoms with Crippen molar-refractivity contribution >= 4 is 22.7 Å². The van der Waals surface area contributed by atoms with E-state index in [4.69, 9.17) is 4.74 Å². The first-order chi connectivity index (χ1) is 13.2. The number of hydrogen-bond acceptors (Lipinski definition) is 1. The lowest BCUT2D eigenvalue weighted by Crippen LogP contribution is -2.12. The number of H-pyrrole nitrogens is 1. The number of aryl methyl sites for hydroxylation is 2. The van der Waals surface area contributed by atoms with Crippen LogP contribution < -0.4 is 0 Å². The van der Waals surface area contributed by atoms with Gasteiger partial charge in [0, 0.05) is 33.3 Å². The first-order valence-corrected chi connectivity index (χ1v) is 9.32. The Kier molecular flexibility index (Phi) is 3.64. The number of ether oxygens (including phenoxy) is 1. The van der Waals surface area contributed by atoms with Crippen LogP contribution in [0.1, 0.15) is 39.6 Å². The molecule has 0 saturated heterocycles. The normalized spacial score (nSPS) is 15.9. The Morgan fingerprint density at radius 1 is 0.815 bits per heavy atom. The third kappa shape index (κ3) is 2.65. The summed E-state index contributed by atoms with van der Waals surface area (Å²) in [6.07, 6.45) is 2.03. The Bertz CT molecular complexity index is 1160. The molecular formula is C25H21NO. The van der Waals surface area contributed by atoms with Crippen LogP contribution >= 0.6 is 0 Å². The molecule has 1 unspecified atom stereocenters. The highest BCUT2D eigenvalue weighted by Gasteiger charge is 2.28. The van der Waals surface area contributed by atoms with Gasteiger partial charge in [0.2, 0.25) is 0 Å². The van der Waals surface area contributed by atoms with Gasteiger partial charge in [0.15, 0.2) is 6.10 Å². The summed E-state index contributed by atoms with van der Waals surface area (Å²) in [5.74, 6) is 0.920. The molecule has 3 aromatic carbocycles. The fourth-order valence-corrected chi connectivity index (χ4v) is 3.97. The predicted octanol–water partition coefficient (Wildman–Crippen LogP) is 6.40. The zero-order valence-corrected chi connectivity index (χ0v) is 15.5. The van der Waals surface area contributed by atoms with Crippen LogP contribution in [0.4, 0.5) is 0 Å². The molecule has 0 spiro atoms. The van der Waals surface area contributed by atoms with Crippen molar-refractivity contribution in [3.05, 3.63) is 106 Å². The average molecular weight is 351 g/mol. The van der Waals surface area contributed by atoms with E-state index in [0.717, 1.165) is 22.5 Å². The Morgan fingerprint density at radius 2 is 1.56 bits per heavy atom. The second-order valence-electron chi connectivity index (χ2n) is 7.21. The van der Waals surface area contributed by atoms with Crippen LogP contribution in [-0.4, -0.2) is 4.98 Å². The summed E-state index contributed by atoms with van der Waals surface area (Å²) in [4.78, 5) is 3.52. The van der Waals surface area contributed by atoms with Crippen molar-refractivity contribution in [3.63, 3.8) is 0 Å². The molecule has 5 rings (SSSR count). The van der Waals surface area contributed by atoms with E-state index >= 15 is 0 Å². The number of aromatic amines is 1. The molecule has 27 heavy (non-hydrogen) atoms. The molecule has 0 fully saturated rings. The number of nitrogens with one attached hydrogen (secondary N) is 1. The fraction of sp³-hybridized carbons (Fsp3) is 0.120. The van der Waals surface area contributed by atoms with Crippen molar-refractivity contribution in [2.45, 2.75) is 20.0 Å². The van der Waals surface area contributed by atoms with Crippen LogP contribution in [0.15, 0.2) is 72.8 Å². The number of para-hydroxylation sites is 1. The van der Waals surface area contributed by atoms with Gasteiger partial charge in [0.25, 0.3) is 0 Å². The molecule has 1 aromatic heterocycles. The molecule has 0 saturated carbocycles. The molecule has 0 aliphatic carbocycles. The van der Waals surface area contributed by atoms with E-state index in [9.17, 15) is 0 Å². The molecule has 132 valence electrons. The smallest absolute Gasteiger partial charge is 0.152 e. The van der Waals surface area contributed by atoms with Gasteiger partial charge in [0.1, 0.15) is 5.76 Å². The minimum absolute atomic E-state index is 0.126. The maximum atomic E-state index is 6.61. The Labute approximate surface area is 159 Å². The molecule has 2 heteroatoms. The van der Waals surface area contributed by atoms with E-state index in [1.807, 2.05) is 0 Å².